The fourth-order valence-electron chi connectivity index (χ4n) is 1.28. The van der Waals surface area contributed by atoms with Crippen LogP contribution in [0.1, 0.15) is 12.8 Å². The Morgan fingerprint density at radius 1 is 1.73 bits per heavy atom. The second-order valence-corrected chi connectivity index (χ2v) is 2.48. The Balaban J connectivity index is 2.56. The van der Waals surface area contributed by atoms with Crippen molar-refractivity contribution in [2.45, 2.75) is 18.9 Å². The average molecular weight is 160 g/mol. The molecule has 64 valence electrons. The molecule has 1 heterocycles. The fourth-order valence-corrected chi connectivity index (χ4v) is 1.28. The van der Waals surface area contributed by atoms with Gasteiger partial charge >= 0.3 is 0 Å². The van der Waals surface area contributed by atoms with Crippen LogP contribution in [-0.4, -0.2) is 34.3 Å². The molecule has 0 spiro atoms. The van der Waals surface area contributed by atoms with E-state index in [1.807, 2.05) is 0 Å². The Labute approximate surface area is 63.9 Å². The van der Waals surface area contributed by atoms with Gasteiger partial charge in [0.05, 0.1) is 13.2 Å². The van der Waals surface area contributed by atoms with Gasteiger partial charge in [0.15, 0.2) is 0 Å². The summed E-state index contributed by atoms with van der Waals surface area (Å²) in [5.41, 5.74) is 0. The first kappa shape index (κ1) is 8.06. The number of rotatable bonds is 2. The third-order valence-electron chi connectivity index (χ3n) is 1.85. The summed E-state index contributed by atoms with van der Waals surface area (Å²) in [5, 5.41) is 32.6. The van der Waals surface area contributed by atoms with Gasteiger partial charge in [0, 0.05) is 4.97 Å². The predicted molar refractivity (Wildman–Crippen MR) is 36.2 cm³/mol. The number of aliphatic hydroxyl groups excluding tert-OH is 1. The van der Waals surface area contributed by atoms with Crippen LogP contribution >= 0.6 is 0 Å². The molecule has 0 aromatic carbocycles. The molecule has 1 aliphatic heterocycles. The molecule has 0 aromatic rings. The Hall–Kier alpha value is -1.04. The van der Waals surface area contributed by atoms with Crippen LogP contribution in [0.2, 0.25) is 0 Å². The zero-order chi connectivity index (χ0) is 8.27. The van der Waals surface area contributed by atoms with Crippen LogP contribution in [0, 0.1) is 10.4 Å². The molecular formula is C5H10N3O3-. The van der Waals surface area contributed by atoms with Crippen molar-refractivity contribution in [2.24, 2.45) is 5.28 Å². The van der Waals surface area contributed by atoms with Crippen LogP contribution in [0.4, 0.5) is 0 Å². The lowest BCUT2D eigenvalue weighted by Crippen LogP contribution is -2.37. The van der Waals surface area contributed by atoms with E-state index in [9.17, 15) is 10.4 Å². The molecule has 0 aliphatic carbocycles. The van der Waals surface area contributed by atoms with E-state index >= 15 is 0 Å². The van der Waals surface area contributed by atoms with Crippen LogP contribution < -0.4 is 0 Å². The lowest BCUT2D eigenvalue weighted by molar-refractivity contribution is -0.694. The van der Waals surface area contributed by atoms with Crippen molar-refractivity contribution >= 4 is 0 Å². The predicted octanol–water partition coefficient (Wildman–Crippen LogP) is -0.182. The standard InChI is InChI=1S/C5H11N3O3/c9-4-5-2-1-3-7(5)8(11)6-10/h5,9-10H,1-4H2/p-1/b8-6-. The molecule has 1 fully saturated rings. The molecular weight excluding hydrogens is 150 g/mol. The Kier molecular flexibility index (Phi) is 2.48. The molecule has 1 unspecified atom stereocenters. The molecule has 1 saturated heterocycles. The smallest absolute Gasteiger partial charge is 0.111 e. The van der Waals surface area contributed by atoms with E-state index in [0.717, 1.165) is 12.8 Å². The van der Waals surface area contributed by atoms with E-state index in [-0.39, 0.29) is 17.6 Å². The molecule has 0 bridgehead atoms. The number of hydrazine groups is 1. The van der Waals surface area contributed by atoms with Crippen LogP contribution in [0.5, 0.6) is 0 Å². The summed E-state index contributed by atoms with van der Waals surface area (Å²) < 4.78 is 0. The minimum absolute atomic E-state index is 0.00782. The van der Waals surface area contributed by atoms with Gasteiger partial charge in [-0.3, -0.25) is 0 Å². The first-order chi connectivity index (χ1) is 5.29. The molecule has 1 N–H and O–H groups in total. The van der Waals surface area contributed by atoms with Gasteiger partial charge in [0.2, 0.25) is 0 Å². The van der Waals surface area contributed by atoms with E-state index in [2.05, 4.69) is 5.28 Å². The third-order valence-corrected chi connectivity index (χ3v) is 1.85. The maximum Gasteiger partial charge on any atom is 0.111 e. The van der Waals surface area contributed by atoms with Gasteiger partial charge < -0.3 is 15.5 Å². The summed E-state index contributed by atoms with van der Waals surface area (Å²) in [6.07, 6.45) is 1.56. The summed E-state index contributed by atoms with van der Waals surface area (Å²) >= 11 is 0. The highest BCUT2D eigenvalue weighted by Crippen LogP contribution is 2.16. The normalized spacial score (nSPS) is 26.1. The molecule has 6 nitrogen and oxygen atoms in total. The van der Waals surface area contributed by atoms with Crippen molar-refractivity contribution in [1.29, 1.82) is 0 Å². The van der Waals surface area contributed by atoms with Gasteiger partial charge in [-0.1, -0.05) is 0 Å². The van der Waals surface area contributed by atoms with Gasteiger partial charge in [-0.2, -0.15) is 0 Å². The largest absolute Gasteiger partial charge is 0.737 e. The first-order valence-electron chi connectivity index (χ1n) is 3.47. The van der Waals surface area contributed by atoms with Crippen LogP contribution in [0.15, 0.2) is 5.28 Å². The van der Waals surface area contributed by atoms with Crippen molar-refractivity contribution in [3.05, 3.63) is 10.4 Å². The Morgan fingerprint density at radius 3 is 3.00 bits per heavy atom. The molecule has 0 saturated carbocycles. The summed E-state index contributed by atoms with van der Waals surface area (Å²) in [6, 6.07) is -0.231. The third kappa shape index (κ3) is 1.51. The van der Waals surface area contributed by atoms with E-state index < -0.39 is 0 Å². The first-order valence-corrected chi connectivity index (χ1v) is 3.47. The van der Waals surface area contributed by atoms with E-state index in [4.69, 9.17) is 5.11 Å². The highest BCUT2D eigenvalue weighted by atomic mass is 16.6. The van der Waals surface area contributed by atoms with Crippen LogP contribution in [-0.2, 0) is 0 Å². The average Bonchev–Trinajstić information content (AvgIpc) is 2.50. The second kappa shape index (κ2) is 3.38. The monoisotopic (exact) mass is 160 g/mol. The van der Waals surface area contributed by atoms with E-state index in [1.165, 1.54) is 5.01 Å². The van der Waals surface area contributed by atoms with Gasteiger partial charge in [-0.05, 0) is 18.1 Å². The quantitative estimate of drug-likeness (QED) is 0.345. The maximum atomic E-state index is 10.6. The maximum absolute atomic E-state index is 10.6. The summed E-state index contributed by atoms with van der Waals surface area (Å²) in [5.74, 6) is 0. The topological polar surface area (TPSA) is 85.0 Å². The molecule has 1 aliphatic rings. The molecule has 6 heteroatoms. The Bertz CT molecular complexity index is 161. The number of hydrogen-bond acceptors (Lipinski definition) is 4. The summed E-state index contributed by atoms with van der Waals surface area (Å²) in [6.45, 7) is 0.398. The van der Waals surface area contributed by atoms with Crippen LogP contribution in [0.25, 0.3) is 0 Å². The Morgan fingerprint density at radius 2 is 2.45 bits per heavy atom. The lowest BCUT2D eigenvalue weighted by atomic mass is 10.2. The van der Waals surface area contributed by atoms with Crippen molar-refractivity contribution in [1.82, 2.24) is 5.01 Å². The zero-order valence-corrected chi connectivity index (χ0v) is 6.01. The molecule has 11 heavy (non-hydrogen) atoms. The van der Waals surface area contributed by atoms with E-state index in [0.29, 0.717) is 6.54 Å². The number of nitrogens with zero attached hydrogens (tertiary/aromatic N) is 3. The molecule has 0 radical (unpaired) electrons. The van der Waals surface area contributed by atoms with E-state index in [1.54, 1.807) is 0 Å². The second-order valence-electron chi connectivity index (χ2n) is 2.48. The van der Waals surface area contributed by atoms with Crippen molar-refractivity contribution in [2.75, 3.05) is 13.2 Å². The SMILES string of the molecule is [O-]/N=[N+](\[O-])N1CCCC1CO. The van der Waals surface area contributed by atoms with Crippen molar-refractivity contribution in [3.8, 4) is 0 Å². The van der Waals surface area contributed by atoms with Gasteiger partial charge in [-0.25, -0.2) is 0 Å². The summed E-state index contributed by atoms with van der Waals surface area (Å²) in [4.78, 5) is 0.00782. The van der Waals surface area contributed by atoms with Crippen molar-refractivity contribution in [3.63, 3.8) is 0 Å². The molecule has 0 aromatic heterocycles. The number of hydrogen-bond donors (Lipinski definition) is 1. The minimum atomic E-state index is -0.231. The zero-order valence-electron chi connectivity index (χ0n) is 6.01. The summed E-state index contributed by atoms with van der Waals surface area (Å²) in [7, 11) is 0. The molecule has 1 atom stereocenters. The van der Waals surface area contributed by atoms with Gasteiger partial charge in [0.25, 0.3) is 0 Å². The highest BCUT2D eigenvalue weighted by molar-refractivity contribution is 4.71. The highest BCUT2D eigenvalue weighted by Gasteiger charge is 2.29. The molecule has 0 amide bonds. The van der Waals surface area contributed by atoms with Gasteiger partial charge in [-0.15, -0.1) is 5.01 Å². The minimum Gasteiger partial charge on any atom is -0.737 e. The van der Waals surface area contributed by atoms with Crippen molar-refractivity contribution < 1.29 is 10.1 Å². The van der Waals surface area contributed by atoms with Gasteiger partial charge in [0.1, 0.15) is 6.04 Å². The number of aliphatic hydroxyl groups is 1. The fraction of sp³-hybridized carbons (Fsp3) is 1.00. The van der Waals surface area contributed by atoms with Crippen LogP contribution in [0.3, 0.4) is 0 Å². The lowest BCUT2D eigenvalue weighted by Gasteiger charge is -2.18. The molecule has 1 rings (SSSR count).